The number of carbonyl (C=O) groups excluding carboxylic acids is 1. The van der Waals surface area contributed by atoms with Crippen molar-refractivity contribution in [3.8, 4) is 5.75 Å². The summed E-state index contributed by atoms with van der Waals surface area (Å²) in [5.41, 5.74) is 2.71. The topological polar surface area (TPSA) is 48.6 Å². The molecule has 1 aliphatic rings. The number of aromatic nitrogens is 1. The van der Waals surface area contributed by atoms with Crippen LogP contribution in [0.25, 0.3) is 10.9 Å². The zero-order valence-electron chi connectivity index (χ0n) is 15.6. The van der Waals surface area contributed by atoms with Crippen LogP contribution < -0.4 is 4.74 Å². The second-order valence-electron chi connectivity index (χ2n) is 6.93. The molecule has 1 amide bonds. The minimum Gasteiger partial charge on any atom is -0.489 e. The molecule has 0 unspecified atom stereocenters. The molecule has 1 N–H and O–H groups in total. The molecule has 140 valence electrons. The van der Waals surface area contributed by atoms with Crippen molar-refractivity contribution >= 4 is 16.8 Å². The maximum absolute atomic E-state index is 12.8. The van der Waals surface area contributed by atoms with Crippen molar-refractivity contribution in [2.75, 3.05) is 32.7 Å². The van der Waals surface area contributed by atoms with Gasteiger partial charge in [0.15, 0.2) is 0 Å². The summed E-state index contributed by atoms with van der Waals surface area (Å²) in [6, 6.07) is 17.9. The first kappa shape index (κ1) is 17.6. The Morgan fingerprint density at radius 3 is 2.56 bits per heavy atom. The first-order chi connectivity index (χ1) is 13.2. The quantitative estimate of drug-likeness (QED) is 0.754. The second kappa shape index (κ2) is 7.84. The SMILES string of the molecule is CCN1CCN(C(=O)c2cc3ccc(OCc4ccccc4)cc3[nH]2)CC1. The van der Waals surface area contributed by atoms with Gasteiger partial charge >= 0.3 is 0 Å². The molecule has 5 nitrogen and oxygen atoms in total. The molecule has 27 heavy (non-hydrogen) atoms. The molecule has 1 saturated heterocycles. The van der Waals surface area contributed by atoms with Crippen LogP contribution in [0.3, 0.4) is 0 Å². The summed E-state index contributed by atoms with van der Waals surface area (Å²) in [5, 5.41) is 1.03. The Morgan fingerprint density at radius 1 is 1.04 bits per heavy atom. The molecule has 0 bridgehead atoms. The Bertz CT molecular complexity index is 912. The molecule has 5 heteroatoms. The number of hydrogen-bond donors (Lipinski definition) is 1. The van der Waals surface area contributed by atoms with Gasteiger partial charge in [-0.05, 0) is 30.3 Å². The van der Waals surface area contributed by atoms with E-state index in [0.717, 1.165) is 54.9 Å². The number of nitrogens with one attached hydrogen (secondary N) is 1. The van der Waals surface area contributed by atoms with Crippen LogP contribution in [-0.2, 0) is 6.61 Å². The zero-order valence-corrected chi connectivity index (χ0v) is 15.6. The van der Waals surface area contributed by atoms with E-state index in [1.54, 1.807) is 0 Å². The van der Waals surface area contributed by atoms with E-state index >= 15 is 0 Å². The maximum atomic E-state index is 12.8. The van der Waals surface area contributed by atoms with Crippen LogP contribution in [0.1, 0.15) is 23.0 Å². The van der Waals surface area contributed by atoms with Gasteiger partial charge in [-0.15, -0.1) is 0 Å². The first-order valence-electron chi connectivity index (χ1n) is 9.54. The van der Waals surface area contributed by atoms with E-state index in [1.807, 2.05) is 59.5 Å². The summed E-state index contributed by atoms with van der Waals surface area (Å²) in [6.45, 7) is 7.19. The van der Waals surface area contributed by atoms with Gasteiger partial charge in [-0.25, -0.2) is 0 Å². The van der Waals surface area contributed by atoms with Crippen LogP contribution in [0.5, 0.6) is 5.75 Å². The van der Waals surface area contributed by atoms with Crippen LogP contribution in [0, 0.1) is 0 Å². The van der Waals surface area contributed by atoms with Gasteiger partial charge in [0.2, 0.25) is 0 Å². The number of hydrogen-bond acceptors (Lipinski definition) is 3. The third-order valence-electron chi connectivity index (χ3n) is 5.18. The summed E-state index contributed by atoms with van der Waals surface area (Å²) in [6.07, 6.45) is 0. The Labute approximate surface area is 159 Å². The third kappa shape index (κ3) is 3.98. The fourth-order valence-electron chi connectivity index (χ4n) is 3.49. The lowest BCUT2D eigenvalue weighted by molar-refractivity contribution is 0.0638. The number of carbonyl (C=O) groups is 1. The summed E-state index contributed by atoms with van der Waals surface area (Å²) in [7, 11) is 0. The summed E-state index contributed by atoms with van der Waals surface area (Å²) in [4.78, 5) is 20.4. The average Bonchev–Trinajstić information content (AvgIpc) is 3.16. The molecule has 0 atom stereocenters. The van der Waals surface area contributed by atoms with Gasteiger partial charge in [0.05, 0.1) is 0 Å². The number of fused-ring (bicyclic) bond motifs is 1. The number of likely N-dealkylation sites (N-methyl/N-ethyl adjacent to an activating group) is 1. The molecule has 3 aromatic rings. The number of aromatic amines is 1. The minimum absolute atomic E-state index is 0.0775. The molecule has 0 saturated carbocycles. The van der Waals surface area contributed by atoms with Gasteiger partial charge in [0.25, 0.3) is 5.91 Å². The van der Waals surface area contributed by atoms with Gasteiger partial charge < -0.3 is 19.5 Å². The molecular weight excluding hydrogens is 338 g/mol. The predicted molar refractivity (Wildman–Crippen MR) is 107 cm³/mol. The Hall–Kier alpha value is -2.79. The van der Waals surface area contributed by atoms with Gasteiger partial charge in [-0.2, -0.15) is 0 Å². The number of H-pyrrole nitrogens is 1. The highest BCUT2D eigenvalue weighted by molar-refractivity contribution is 5.98. The van der Waals surface area contributed by atoms with Crippen LogP contribution in [0.2, 0.25) is 0 Å². The van der Waals surface area contributed by atoms with Crippen molar-refractivity contribution in [1.82, 2.24) is 14.8 Å². The highest BCUT2D eigenvalue weighted by Crippen LogP contribution is 2.23. The minimum atomic E-state index is 0.0775. The predicted octanol–water partition coefficient (Wildman–Crippen LogP) is 3.52. The van der Waals surface area contributed by atoms with E-state index in [0.29, 0.717) is 12.3 Å². The van der Waals surface area contributed by atoms with Crippen molar-refractivity contribution in [2.45, 2.75) is 13.5 Å². The van der Waals surface area contributed by atoms with Gasteiger partial charge in [-0.1, -0.05) is 37.3 Å². The van der Waals surface area contributed by atoms with Gasteiger partial charge in [-0.3, -0.25) is 4.79 Å². The summed E-state index contributed by atoms with van der Waals surface area (Å²) in [5.74, 6) is 0.873. The number of nitrogens with zero attached hydrogens (tertiary/aromatic N) is 2. The van der Waals surface area contributed by atoms with E-state index < -0.39 is 0 Å². The Balaban J connectivity index is 1.45. The molecule has 0 spiro atoms. The van der Waals surface area contributed by atoms with Crippen molar-refractivity contribution in [2.24, 2.45) is 0 Å². The molecular formula is C22H25N3O2. The average molecular weight is 363 g/mol. The Morgan fingerprint density at radius 2 is 1.81 bits per heavy atom. The molecule has 0 aliphatic carbocycles. The third-order valence-corrected chi connectivity index (χ3v) is 5.18. The Kier molecular flexibility index (Phi) is 5.12. The number of amides is 1. The normalized spacial score (nSPS) is 15.2. The number of rotatable bonds is 5. The lowest BCUT2D eigenvalue weighted by Crippen LogP contribution is -2.48. The molecule has 0 radical (unpaired) electrons. The van der Waals surface area contributed by atoms with E-state index in [4.69, 9.17) is 4.74 Å². The van der Waals surface area contributed by atoms with E-state index in [1.165, 1.54) is 0 Å². The largest absolute Gasteiger partial charge is 0.489 e. The van der Waals surface area contributed by atoms with Crippen LogP contribution >= 0.6 is 0 Å². The van der Waals surface area contributed by atoms with Crippen molar-refractivity contribution in [3.63, 3.8) is 0 Å². The molecule has 4 rings (SSSR count). The summed E-state index contributed by atoms with van der Waals surface area (Å²) < 4.78 is 5.89. The highest BCUT2D eigenvalue weighted by Gasteiger charge is 2.22. The van der Waals surface area contributed by atoms with E-state index in [-0.39, 0.29) is 5.91 Å². The van der Waals surface area contributed by atoms with Gasteiger partial charge in [0.1, 0.15) is 18.1 Å². The van der Waals surface area contributed by atoms with E-state index in [9.17, 15) is 4.79 Å². The lowest BCUT2D eigenvalue weighted by Gasteiger charge is -2.33. The molecule has 2 aromatic carbocycles. The van der Waals surface area contributed by atoms with Crippen LogP contribution in [0.4, 0.5) is 0 Å². The number of piperazine rings is 1. The fourth-order valence-corrected chi connectivity index (χ4v) is 3.49. The fraction of sp³-hybridized carbons (Fsp3) is 0.318. The molecule has 1 fully saturated rings. The first-order valence-corrected chi connectivity index (χ1v) is 9.54. The van der Waals surface area contributed by atoms with Crippen molar-refractivity contribution < 1.29 is 9.53 Å². The smallest absolute Gasteiger partial charge is 0.270 e. The van der Waals surface area contributed by atoms with E-state index in [2.05, 4.69) is 16.8 Å². The monoisotopic (exact) mass is 363 g/mol. The van der Waals surface area contributed by atoms with Gasteiger partial charge in [0, 0.05) is 43.1 Å². The van der Waals surface area contributed by atoms with Crippen LogP contribution in [-0.4, -0.2) is 53.4 Å². The van der Waals surface area contributed by atoms with Crippen LogP contribution in [0.15, 0.2) is 54.6 Å². The lowest BCUT2D eigenvalue weighted by atomic mass is 10.2. The molecule has 1 aliphatic heterocycles. The number of ether oxygens (including phenoxy) is 1. The zero-order chi connectivity index (χ0) is 18.6. The number of benzene rings is 2. The maximum Gasteiger partial charge on any atom is 0.270 e. The van der Waals surface area contributed by atoms with Crippen molar-refractivity contribution in [1.29, 1.82) is 0 Å². The molecule has 2 heterocycles. The second-order valence-corrected chi connectivity index (χ2v) is 6.93. The van der Waals surface area contributed by atoms with Crippen molar-refractivity contribution in [3.05, 3.63) is 65.9 Å². The standard InChI is InChI=1S/C22H25N3O2/c1-2-24-10-12-25(13-11-24)22(26)21-14-18-8-9-19(15-20(18)23-21)27-16-17-6-4-3-5-7-17/h3-9,14-15,23H,2,10-13,16H2,1H3. The summed E-state index contributed by atoms with van der Waals surface area (Å²) >= 11 is 0. The highest BCUT2D eigenvalue weighted by atomic mass is 16.5. The molecule has 1 aromatic heterocycles.